The van der Waals surface area contributed by atoms with E-state index in [0.717, 1.165) is 18.0 Å². The standard InChI is InChI=1S/C10H13N3S2/c1-2-7-3-4-8(14-7)6-12-10-5-9(11)13-15-10/h3-5,12H,2,6H2,1H3,(H2,11,13). The molecule has 0 saturated carbocycles. The largest absolute Gasteiger partial charge is 0.383 e. The molecular weight excluding hydrogens is 226 g/mol. The zero-order chi connectivity index (χ0) is 10.7. The molecule has 0 radical (unpaired) electrons. The maximum Gasteiger partial charge on any atom is 0.139 e. The maximum absolute atomic E-state index is 5.54. The zero-order valence-electron chi connectivity index (χ0n) is 8.49. The number of anilines is 2. The molecular formula is C10H13N3S2. The Labute approximate surface area is 97.1 Å². The molecule has 2 aromatic rings. The Balaban J connectivity index is 1.93. The minimum absolute atomic E-state index is 0.586. The van der Waals surface area contributed by atoms with Gasteiger partial charge in [0.25, 0.3) is 0 Å². The summed E-state index contributed by atoms with van der Waals surface area (Å²) in [5, 5.41) is 4.33. The van der Waals surface area contributed by atoms with Crippen molar-refractivity contribution < 1.29 is 0 Å². The van der Waals surface area contributed by atoms with Crippen LogP contribution in [0.3, 0.4) is 0 Å². The van der Waals surface area contributed by atoms with Crippen molar-refractivity contribution >= 4 is 33.7 Å². The number of nitrogens with two attached hydrogens (primary N) is 1. The summed E-state index contributed by atoms with van der Waals surface area (Å²) < 4.78 is 4.01. The van der Waals surface area contributed by atoms with Gasteiger partial charge in [0.15, 0.2) is 0 Å². The molecule has 0 aliphatic heterocycles. The third-order valence-corrected chi connectivity index (χ3v) is 4.02. The van der Waals surface area contributed by atoms with Crippen LogP contribution >= 0.6 is 22.9 Å². The van der Waals surface area contributed by atoms with Crippen LogP contribution in [-0.4, -0.2) is 4.37 Å². The first-order valence-corrected chi connectivity index (χ1v) is 6.40. The van der Waals surface area contributed by atoms with Crippen molar-refractivity contribution in [2.75, 3.05) is 11.1 Å². The fourth-order valence-corrected chi connectivity index (χ4v) is 2.72. The summed E-state index contributed by atoms with van der Waals surface area (Å²) in [4.78, 5) is 2.77. The van der Waals surface area contributed by atoms with E-state index in [2.05, 4.69) is 28.7 Å². The van der Waals surface area contributed by atoms with Crippen LogP contribution in [0.5, 0.6) is 0 Å². The molecule has 0 saturated heterocycles. The van der Waals surface area contributed by atoms with Crippen molar-refractivity contribution in [3.8, 4) is 0 Å². The zero-order valence-corrected chi connectivity index (χ0v) is 10.1. The fraction of sp³-hybridized carbons (Fsp3) is 0.300. The Hall–Kier alpha value is -1.07. The molecule has 0 unspecified atom stereocenters. The number of nitrogens with one attached hydrogen (secondary N) is 1. The lowest BCUT2D eigenvalue weighted by molar-refractivity contribution is 1.19. The second-order valence-corrected chi connectivity index (χ2v) is 5.25. The minimum Gasteiger partial charge on any atom is -0.383 e. The predicted octanol–water partition coefficient (Wildman–Crippen LogP) is 2.96. The van der Waals surface area contributed by atoms with Gasteiger partial charge >= 0.3 is 0 Å². The van der Waals surface area contributed by atoms with E-state index < -0.39 is 0 Å². The van der Waals surface area contributed by atoms with E-state index in [1.165, 1.54) is 21.3 Å². The van der Waals surface area contributed by atoms with Gasteiger partial charge in [0.1, 0.15) is 10.8 Å². The minimum atomic E-state index is 0.586. The van der Waals surface area contributed by atoms with E-state index in [1.54, 1.807) is 0 Å². The summed E-state index contributed by atoms with van der Waals surface area (Å²) in [6.45, 7) is 3.03. The number of nitrogens with zero attached hydrogens (tertiary/aromatic N) is 1. The van der Waals surface area contributed by atoms with E-state index in [9.17, 15) is 0 Å². The van der Waals surface area contributed by atoms with Gasteiger partial charge in [-0.1, -0.05) is 6.92 Å². The van der Waals surface area contributed by atoms with Crippen molar-refractivity contribution in [1.29, 1.82) is 0 Å². The van der Waals surface area contributed by atoms with Gasteiger partial charge < -0.3 is 11.1 Å². The Morgan fingerprint density at radius 3 is 2.80 bits per heavy atom. The average Bonchev–Trinajstić information content (AvgIpc) is 2.83. The lowest BCUT2D eigenvalue weighted by Crippen LogP contribution is -1.94. The monoisotopic (exact) mass is 239 g/mol. The first-order chi connectivity index (χ1) is 7.28. The van der Waals surface area contributed by atoms with Gasteiger partial charge in [-0.2, -0.15) is 4.37 Å². The van der Waals surface area contributed by atoms with Crippen LogP contribution in [0.4, 0.5) is 10.8 Å². The van der Waals surface area contributed by atoms with Gasteiger partial charge in [0.05, 0.1) is 6.54 Å². The second-order valence-electron chi connectivity index (χ2n) is 3.19. The van der Waals surface area contributed by atoms with Crippen LogP contribution in [0.15, 0.2) is 18.2 Å². The van der Waals surface area contributed by atoms with Crippen LogP contribution in [0.2, 0.25) is 0 Å². The number of rotatable bonds is 4. The molecule has 0 atom stereocenters. The lowest BCUT2D eigenvalue weighted by atomic mass is 10.3. The first kappa shape index (κ1) is 10.4. The SMILES string of the molecule is CCc1ccc(CNc2cc(N)ns2)s1. The van der Waals surface area contributed by atoms with Gasteiger partial charge in [-0.15, -0.1) is 11.3 Å². The molecule has 0 fully saturated rings. The van der Waals surface area contributed by atoms with Gasteiger partial charge in [-0.25, -0.2) is 0 Å². The molecule has 0 aromatic carbocycles. The van der Waals surface area contributed by atoms with Crippen molar-refractivity contribution in [2.45, 2.75) is 19.9 Å². The van der Waals surface area contributed by atoms with E-state index in [4.69, 9.17) is 5.73 Å². The van der Waals surface area contributed by atoms with Crippen LogP contribution < -0.4 is 11.1 Å². The van der Waals surface area contributed by atoms with Crippen LogP contribution in [0, 0.1) is 0 Å². The molecule has 0 aliphatic carbocycles. The molecule has 0 amide bonds. The van der Waals surface area contributed by atoms with Crippen LogP contribution in [-0.2, 0) is 13.0 Å². The third-order valence-electron chi connectivity index (χ3n) is 2.03. The van der Waals surface area contributed by atoms with Gasteiger partial charge in [-0.3, -0.25) is 0 Å². The van der Waals surface area contributed by atoms with E-state index in [-0.39, 0.29) is 0 Å². The summed E-state index contributed by atoms with van der Waals surface area (Å²) in [6.07, 6.45) is 1.11. The quantitative estimate of drug-likeness (QED) is 0.862. The van der Waals surface area contributed by atoms with E-state index in [0.29, 0.717) is 5.82 Å². The van der Waals surface area contributed by atoms with Gasteiger partial charge in [-0.05, 0) is 30.1 Å². The average molecular weight is 239 g/mol. The first-order valence-electron chi connectivity index (χ1n) is 4.81. The third kappa shape index (κ3) is 2.70. The molecule has 0 spiro atoms. The number of nitrogen functional groups attached to an aromatic ring is 1. The van der Waals surface area contributed by atoms with E-state index >= 15 is 0 Å². The van der Waals surface area contributed by atoms with Crippen LogP contribution in [0.25, 0.3) is 0 Å². The Kier molecular flexibility index (Phi) is 3.23. The Bertz CT molecular complexity index is 433. The topological polar surface area (TPSA) is 50.9 Å². The maximum atomic E-state index is 5.54. The second kappa shape index (κ2) is 4.63. The summed E-state index contributed by atoms with van der Waals surface area (Å²) in [7, 11) is 0. The van der Waals surface area contributed by atoms with Crippen molar-refractivity contribution in [3.05, 3.63) is 28.0 Å². The van der Waals surface area contributed by atoms with Crippen LogP contribution in [0.1, 0.15) is 16.7 Å². The summed E-state index contributed by atoms with van der Waals surface area (Å²) in [6, 6.07) is 6.21. The summed E-state index contributed by atoms with van der Waals surface area (Å²) in [5.74, 6) is 0.586. The fourth-order valence-electron chi connectivity index (χ4n) is 1.25. The highest BCUT2D eigenvalue weighted by Gasteiger charge is 2.00. The molecule has 3 nitrogen and oxygen atoms in total. The van der Waals surface area contributed by atoms with E-state index in [1.807, 2.05) is 17.4 Å². The Morgan fingerprint density at radius 2 is 2.20 bits per heavy atom. The number of aromatic nitrogens is 1. The van der Waals surface area contributed by atoms with Crippen molar-refractivity contribution in [1.82, 2.24) is 4.37 Å². The van der Waals surface area contributed by atoms with Crippen molar-refractivity contribution in [2.24, 2.45) is 0 Å². The lowest BCUT2D eigenvalue weighted by Gasteiger charge is -1.98. The molecule has 15 heavy (non-hydrogen) atoms. The molecule has 0 aliphatic rings. The highest BCUT2D eigenvalue weighted by Crippen LogP contribution is 2.21. The smallest absolute Gasteiger partial charge is 0.139 e. The summed E-state index contributed by atoms with van der Waals surface area (Å²) >= 11 is 3.25. The van der Waals surface area contributed by atoms with Crippen molar-refractivity contribution in [3.63, 3.8) is 0 Å². The Morgan fingerprint density at radius 1 is 1.40 bits per heavy atom. The molecule has 3 N–H and O–H groups in total. The number of hydrogen-bond donors (Lipinski definition) is 2. The van der Waals surface area contributed by atoms with Gasteiger partial charge in [0, 0.05) is 15.8 Å². The molecule has 5 heteroatoms. The molecule has 0 bridgehead atoms. The highest BCUT2D eigenvalue weighted by atomic mass is 32.1. The molecule has 2 heterocycles. The number of hydrogen-bond acceptors (Lipinski definition) is 5. The number of thiophene rings is 1. The van der Waals surface area contributed by atoms with Gasteiger partial charge in [0.2, 0.25) is 0 Å². The highest BCUT2D eigenvalue weighted by molar-refractivity contribution is 7.12. The molecule has 2 aromatic heterocycles. The number of aryl methyl sites for hydroxylation is 1. The normalized spacial score (nSPS) is 10.5. The summed E-state index contributed by atoms with van der Waals surface area (Å²) in [5.41, 5.74) is 5.54. The molecule has 2 rings (SSSR count). The molecule has 80 valence electrons. The predicted molar refractivity (Wildman–Crippen MR) is 67.6 cm³/mol.